The molecule has 27 heavy (non-hydrogen) atoms. The van der Waals surface area contributed by atoms with Crippen molar-refractivity contribution in [2.75, 3.05) is 37.8 Å². The number of amides is 1. The van der Waals surface area contributed by atoms with E-state index < -0.39 is 21.5 Å². The summed E-state index contributed by atoms with van der Waals surface area (Å²) >= 11 is 1.72. The summed E-state index contributed by atoms with van der Waals surface area (Å²) in [6.45, 7) is 7.43. The molecule has 1 aromatic heterocycles. The summed E-state index contributed by atoms with van der Waals surface area (Å²) in [6, 6.07) is -0.288. The lowest BCUT2D eigenvalue weighted by atomic mass is 9.97. The minimum Gasteiger partial charge on any atom is -0.370 e. The Morgan fingerprint density at radius 2 is 2.19 bits per heavy atom. The number of aromatic nitrogens is 1. The SMILES string of the molecule is Cc1nc(C)c(CN2CCO[C@]3(CO[C@@H](C(=O)NC4CS(=O)(=O)C4)C3)C2)s1. The number of hydrogen-bond acceptors (Lipinski definition) is 8. The highest BCUT2D eigenvalue weighted by Crippen LogP contribution is 2.33. The third-order valence-electron chi connectivity index (χ3n) is 5.35. The van der Waals surface area contributed by atoms with Gasteiger partial charge in [0.15, 0.2) is 9.84 Å². The number of nitrogens with zero attached hydrogens (tertiary/aromatic N) is 2. The Labute approximate surface area is 163 Å². The molecule has 0 aliphatic carbocycles. The van der Waals surface area contributed by atoms with Gasteiger partial charge in [-0.1, -0.05) is 0 Å². The van der Waals surface area contributed by atoms with Crippen LogP contribution >= 0.6 is 11.3 Å². The van der Waals surface area contributed by atoms with Gasteiger partial charge < -0.3 is 14.8 Å². The van der Waals surface area contributed by atoms with E-state index in [1.54, 1.807) is 11.3 Å². The third kappa shape index (κ3) is 4.19. The first kappa shape index (κ1) is 19.3. The van der Waals surface area contributed by atoms with Crippen molar-refractivity contribution in [1.29, 1.82) is 0 Å². The molecule has 3 fully saturated rings. The normalized spacial score (nSPS) is 31.1. The molecule has 1 amide bonds. The van der Waals surface area contributed by atoms with Crippen LogP contribution in [0.25, 0.3) is 0 Å². The van der Waals surface area contributed by atoms with E-state index in [0.717, 1.165) is 23.8 Å². The van der Waals surface area contributed by atoms with Crippen LogP contribution in [0.3, 0.4) is 0 Å². The second-order valence-electron chi connectivity index (χ2n) is 7.77. The standard InChI is InChI=1S/C17H25N3O5S2/c1-11-15(26-12(2)18-11)6-20-3-4-25-17(9-20)5-14(24-10-17)16(21)19-13-7-27(22,23)8-13/h13-14H,3-10H2,1-2H3,(H,19,21)/t14-,17+/m1/s1. The van der Waals surface area contributed by atoms with E-state index >= 15 is 0 Å². The molecule has 1 aromatic rings. The van der Waals surface area contributed by atoms with Crippen LogP contribution in [-0.4, -0.2) is 79.8 Å². The van der Waals surface area contributed by atoms with Crippen LogP contribution in [0.4, 0.5) is 0 Å². The van der Waals surface area contributed by atoms with Crippen molar-refractivity contribution >= 4 is 27.1 Å². The number of carbonyl (C=O) groups excluding carboxylic acids is 1. The average Bonchev–Trinajstić information content (AvgIpc) is 3.09. The Morgan fingerprint density at radius 3 is 2.85 bits per heavy atom. The minimum atomic E-state index is -2.96. The second kappa shape index (κ2) is 7.07. The number of aryl methyl sites for hydroxylation is 2. The summed E-state index contributed by atoms with van der Waals surface area (Å²) in [5.74, 6) is -0.190. The molecule has 150 valence electrons. The maximum absolute atomic E-state index is 12.4. The van der Waals surface area contributed by atoms with Gasteiger partial charge in [0, 0.05) is 30.9 Å². The molecule has 0 radical (unpaired) electrons. The molecule has 0 bridgehead atoms. The first-order chi connectivity index (χ1) is 12.7. The highest BCUT2D eigenvalue weighted by Gasteiger charge is 2.47. The first-order valence-corrected chi connectivity index (χ1v) is 11.8. The van der Waals surface area contributed by atoms with Crippen LogP contribution in [0.2, 0.25) is 0 Å². The van der Waals surface area contributed by atoms with E-state index in [0.29, 0.717) is 26.2 Å². The fourth-order valence-electron chi connectivity index (χ4n) is 4.01. The van der Waals surface area contributed by atoms with E-state index in [1.807, 2.05) is 13.8 Å². The van der Waals surface area contributed by atoms with Crippen LogP contribution in [0, 0.1) is 13.8 Å². The summed E-state index contributed by atoms with van der Waals surface area (Å²) < 4.78 is 34.3. The Morgan fingerprint density at radius 1 is 1.41 bits per heavy atom. The fourth-order valence-corrected chi connectivity index (χ4v) is 6.29. The maximum Gasteiger partial charge on any atom is 0.249 e. The molecule has 4 rings (SSSR count). The van der Waals surface area contributed by atoms with Crippen molar-refractivity contribution in [3.8, 4) is 0 Å². The van der Waals surface area contributed by atoms with Gasteiger partial charge >= 0.3 is 0 Å². The monoisotopic (exact) mass is 415 g/mol. The average molecular weight is 416 g/mol. The predicted octanol–water partition coefficient (Wildman–Crippen LogP) is 0.0330. The molecule has 1 spiro atoms. The molecule has 3 aliphatic heterocycles. The molecular weight excluding hydrogens is 390 g/mol. The smallest absolute Gasteiger partial charge is 0.249 e. The van der Waals surface area contributed by atoms with Gasteiger partial charge in [0.25, 0.3) is 0 Å². The molecule has 0 unspecified atom stereocenters. The molecule has 10 heteroatoms. The zero-order valence-electron chi connectivity index (χ0n) is 15.6. The lowest BCUT2D eigenvalue weighted by molar-refractivity contribution is -0.130. The molecule has 1 N–H and O–H groups in total. The molecular formula is C17H25N3O5S2. The van der Waals surface area contributed by atoms with E-state index in [2.05, 4.69) is 15.2 Å². The van der Waals surface area contributed by atoms with Gasteiger partial charge in [-0.3, -0.25) is 9.69 Å². The molecule has 2 atom stereocenters. The summed E-state index contributed by atoms with van der Waals surface area (Å²) in [5.41, 5.74) is 0.605. The second-order valence-corrected chi connectivity index (χ2v) is 11.2. The van der Waals surface area contributed by atoms with Crippen molar-refractivity contribution in [3.63, 3.8) is 0 Å². The highest BCUT2D eigenvalue weighted by molar-refractivity contribution is 7.92. The number of carbonyl (C=O) groups is 1. The predicted molar refractivity (Wildman–Crippen MR) is 100 cm³/mol. The van der Waals surface area contributed by atoms with Crippen molar-refractivity contribution in [1.82, 2.24) is 15.2 Å². The largest absolute Gasteiger partial charge is 0.370 e. The van der Waals surface area contributed by atoms with E-state index in [9.17, 15) is 13.2 Å². The topological polar surface area (TPSA) is 97.8 Å². The third-order valence-corrected chi connectivity index (χ3v) is 8.23. The van der Waals surface area contributed by atoms with Crippen molar-refractivity contribution in [2.45, 2.75) is 44.6 Å². The Kier molecular flexibility index (Phi) is 5.04. The van der Waals surface area contributed by atoms with Gasteiger partial charge in [0.05, 0.1) is 41.5 Å². The summed E-state index contributed by atoms with van der Waals surface area (Å²) in [4.78, 5) is 20.5. The Balaban J connectivity index is 1.33. The van der Waals surface area contributed by atoms with Crippen LogP contribution in [0.15, 0.2) is 0 Å². The van der Waals surface area contributed by atoms with Crippen molar-refractivity contribution in [2.24, 2.45) is 0 Å². The maximum atomic E-state index is 12.4. The van der Waals surface area contributed by atoms with E-state index in [4.69, 9.17) is 9.47 Å². The van der Waals surface area contributed by atoms with Gasteiger partial charge in [-0.25, -0.2) is 13.4 Å². The van der Waals surface area contributed by atoms with Crippen LogP contribution in [-0.2, 0) is 30.7 Å². The number of nitrogens with one attached hydrogen (secondary N) is 1. The van der Waals surface area contributed by atoms with Gasteiger partial charge in [0.2, 0.25) is 5.91 Å². The Bertz CT molecular complexity index is 828. The summed E-state index contributed by atoms with van der Waals surface area (Å²) in [6.07, 6.45) is -0.0872. The van der Waals surface area contributed by atoms with Gasteiger partial charge in [-0.15, -0.1) is 11.3 Å². The number of ether oxygens (including phenoxy) is 2. The number of thiazole rings is 1. The summed E-state index contributed by atoms with van der Waals surface area (Å²) in [7, 11) is -2.96. The fraction of sp³-hybridized carbons (Fsp3) is 0.765. The van der Waals surface area contributed by atoms with Crippen LogP contribution < -0.4 is 5.32 Å². The zero-order chi connectivity index (χ0) is 19.2. The number of morpholine rings is 1. The first-order valence-electron chi connectivity index (χ1n) is 9.15. The number of hydrogen-bond donors (Lipinski definition) is 1. The summed E-state index contributed by atoms with van der Waals surface area (Å²) in [5, 5.41) is 3.85. The number of sulfone groups is 1. The van der Waals surface area contributed by atoms with Gasteiger partial charge in [-0.2, -0.15) is 0 Å². The van der Waals surface area contributed by atoms with Crippen LogP contribution in [0.1, 0.15) is 22.0 Å². The molecule has 0 saturated carbocycles. The zero-order valence-corrected chi connectivity index (χ0v) is 17.2. The Hall–Kier alpha value is -1.07. The highest BCUT2D eigenvalue weighted by atomic mass is 32.2. The minimum absolute atomic E-state index is 0.0223. The van der Waals surface area contributed by atoms with E-state index in [1.165, 1.54) is 4.88 Å². The lowest BCUT2D eigenvalue weighted by Gasteiger charge is -2.39. The van der Waals surface area contributed by atoms with Crippen molar-refractivity contribution in [3.05, 3.63) is 15.6 Å². The quantitative estimate of drug-likeness (QED) is 0.741. The molecule has 3 saturated heterocycles. The number of rotatable bonds is 4. The van der Waals surface area contributed by atoms with Crippen LogP contribution in [0.5, 0.6) is 0 Å². The lowest BCUT2D eigenvalue weighted by Crippen LogP contribution is -2.55. The molecule has 4 heterocycles. The molecule has 3 aliphatic rings. The van der Waals surface area contributed by atoms with Crippen molar-refractivity contribution < 1.29 is 22.7 Å². The molecule has 8 nitrogen and oxygen atoms in total. The van der Waals surface area contributed by atoms with Gasteiger partial charge in [-0.05, 0) is 13.8 Å². The molecule has 0 aromatic carbocycles. The van der Waals surface area contributed by atoms with Gasteiger partial charge in [0.1, 0.15) is 11.7 Å². The van der Waals surface area contributed by atoms with E-state index in [-0.39, 0.29) is 23.5 Å².